The Morgan fingerprint density at radius 1 is 1.03 bits per heavy atom. The van der Waals surface area contributed by atoms with Crippen LogP contribution in [0.3, 0.4) is 0 Å². The smallest absolute Gasteiger partial charge is 0.413 e. The fraction of sp³-hybridized carbons (Fsp3) is 0.200. The fourth-order valence-corrected chi connectivity index (χ4v) is 6.51. The molecule has 1 amide bonds. The maximum absolute atomic E-state index is 13.4. The fourth-order valence-electron chi connectivity index (χ4n) is 3.81. The number of aromatic nitrogens is 1. The molecule has 0 radical (unpaired) electrons. The summed E-state index contributed by atoms with van der Waals surface area (Å²) in [5.74, 6) is -0.570. The van der Waals surface area contributed by atoms with Gasteiger partial charge in [0.1, 0.15) is 11.4 Å². The van der Waals surface area contributed by atoms with Crippen LogP contribution >= 0.6 is 11.6 Å². The van der Waals surface area contributed by atoms with Gasteiger partial charge < -0.3 is 9.52 Å². The van der Waals surface area contributed by atoms with Crippen molar-refractivity contribution in [3.8, 4) is 0 Å². The summed E-state index contributed by atoms with van der Waals surface area (Å²) in [4.78, 5) is 16.8. The van der Waals surface area contributed by atoms with Crippen LogP contribution in [0, 0.1) is 0 Å². The molecular weight excluding hydrogens is 554 g/mol. The zero-order valence-corrected chi connectivity index (χ0v) is 22.9. The van der Waals surface area contributed by atoms with Crippen LogP contribution in [0.2, 0.25) is 5.02 Å². The van der Waals surface area contributed by atoms with E-state index in [1.165, 1.54) is 42.5 Å². The first-order valence-electron chi connectivity index (χ1n) is 11.2. The van der Waals surface area contributed by atoms with Gasteiger partial charge in [0.2, 0.25) is 5.09 Å². The number of anilines is 2. The number of fused-ring (bicyclic) bond motifs is 1. The van der Waals surface area contributed by atoms with Gasteiger partial charge in [-0.05, 0) is 57.2 Å². The Morgan fingerprint density at radius 2 is 1.74 bits per heavy atom. The number of hydrogen-bond acceptors (Lipinski definition) is 7. The Labute approximate surface area is 224 Å². The lowest BCUT2D eigenvalue weighted by molar-refractivity contribution is 0.195. The van der Waals surface area contributed by atoms with Gasteiger partial charge in [-0.1, -0.05) is 35.9 Å². The molecule has 0 spiro atoms. The number of sulfonamides is 1. The first kappa shape index (κ1) is 27.4. The summed E-state index contributed by atoms with van der Waals surface area (Å²) in [5, 5.41) is 9.92. The molecule has 0 saturated heterocycles. The number of carboxylic acid groups (broad SMARTS) is 1. The van der Waals surface area contributed by atoms with E-state index in [0.29, 0.717) is 11.0 Å². The van der Waals surface area contributed by atoms with E-state index in [1.807, 2.05) is 0 Å². The number of nitrogens with zero attached hydrogens (tertiary/aromatic N) is 2. The first-order chi connectivity index (χ1) is 17.7. The topological polar surface area (TPSA) is 147 Å². The molecule has 0 aliphatic rings. The van der Waals surface area contributed by atoms with Gasteiger partial charge in [0.05, 0.1) is 22.0 Å². The van der Waals surface area contributed by atoms with Crippen LogP contribution in [0.4, 0.5) is 16.3 Å². The molecule has 2 N–H and O–H groups in total. The van der Waals surface area contributed by atoms with Crippen molar-refractivity contribution in [2.75, 3.05) is 9.62 Å². The minimum atomic E-state index is -4.32. The van der Waals surface area contributed by atoms with E-state index < -0.39 is 42.3 Å². The van der Waals surface area contributed by atoms with Crippen LogP contribution in [0.5, 0.6) is 0 Å². The van der Waals surface area contributed by atoms with Gasteiger partial charge in [-0.3, -0.25) is 9.62 Å². The van der Waals surface area contributed by atoms with Crippen molar-refractivity contribution >= 4 is 60.0 Å². The summed E-state index contributed by atoms with van der Waals surface area (Å²) in [6.07, 6.45) is -1.25. The number of rotatable bonds is 7. The summed E-state index contributed by atoms with van der Waals surface area (Å²) in [7, 11) is -8.50. The molecule has 0 bridgehead atoms. The van der Waals surface area contributed by atoms with E-state index in [2.05, 4.69) is 9.71 Å². The number of benzene rings is 2. The summed E-state index contributed by atoms with van der Waals surface area (Å²) < 4.78 is 60.8. The molecule has 2 aromatic heterocycles. The van der Waals surface area contributed by atoms with Crippen molar-refractivity contribution in [1.29, 1.82) is 0 Å². The van der Waals surface area contributed by atoms with Crippen molar-refractivity contribution in [3.05, 3.63) is 77.4 Å². The van der Waals surface area contributed by atoms with Crippen molar-refractivity contribution in [2.45, 2.75) is 42.1 Å². The van der Waals surface area contributed by atoms with E-state index in [0.717, 1.165) is 4.90 Å². The van der Waals surface area contributed by atoms with Gasteiger partial charge in [0.15, 0.2) is 9.84 Å². The molecule has 0 aliphatic carbocycles. The molecule has 2 heterocycles. The molecule has 10 nitrogen and oxygen atoms in total. The molecule has 2 aromatic carbocycles. The molecule has 13 heteroatoms. The van der Waals surface area contributed by atoms with Crippen molar-refractivity contribution < 1.29 is 31.2 Å². The van der Waals surface area contributed by atoms with Gasteiger partial charge in [0.25, 0.3) is 10.0 Å². The van der Waals surface area contributed by atoms with Crippen LogP contribution in [-0.2, 0) is 25.6 Å². The largest absolute Gasteiger partial charge is 0.465 e. The summed E-state index contributed by atoms with van der Waals surface area (Å²) in [5.41, 5.74) is -0.687. The lowest BCUT2D eigenvalue weighted by Gasteiger charge is -2.32. The maximum atomic E-state index is 13.4. The average Bonchev–Trinajstić information content (AvgIpc) is 3.23. The Bertz CT molecular complexity index is 1710. The zero-order valence-electron chi connectivity index (χ0n) is 20.5. The number of carbonyl (C=O) groups is 1. The first-order valence-corrected chi connectivity index (χ1v) is 14.7. The second-order valence-corrected chi connectivity index (χ2v) is 13.4. The number of hydrogen-bond donors (Lipinski definition) is 2. The Balaban J connectivity index is 1.69. The number of pyridine rings is 1. The van der Waals surface area contributed by atoms with Crippen LogP contribution in [0.15, 0.2) is 81.1 Å². The standard InChI is InChI=1S/C25H24ClN3O7S2/c1-25(2,3)29(24(30)31)22-10-6-8-18(27-22)15-37(32,33)21-12-11-17(26)14-19(21)28-38(34,35)23-13-16-7-4-5-9-20(16)36-23/h4-14,28H,15H2,1-3H3,(H,30,31). The molecule has 0 atom stereocenters. The number of nitrogens with one attached hydrogen (secondary N) is 1. The van der Waals surface area contributed by atoms with Crippen LogP contribution in [-0.4, -0.2) is 38.6 Å². The number of halogens is 1. The van der Waals surface area contributed by atoms with E-state index in [1.54, 1.807) is 45.0 Å². The molecule has 0 saturated carbocycles. The maximum Gasteiger partial charge on any atom is 0.413 e. The molecule has 200 valence electrons. The number of amides is 1. The van der Waals surface area contributed by atoms with E-state index in [9.17, 15) is 26.7 Å². The van der Waals surface area contributed by atoms with Crippen molar-refractivity contribution in [2.24, 2.45) is 0 Å². The molecule has 38 heavy (non-hydrogen) atoms. The Hall–Kier alpha value is -3.61. The minimum absolute atomic E-state index is 0.0552. The summed E-state index contributed by atoms with van der Waals surface area (Å²) >= 11 is 6.07. The van der Waals surface area contributed by atoms with Gasteiger partial charge in [-0.25, -0.2) is 18.2 Å². The predicted octanol–water partition coefficient (Wildman–Crippen LogP) is 5.54. The van der Waals surface area contributed by atoms with Gasteiger partial charge in [-0.2, -0.15) is 8.42 Å². The predicted molar refractivity (Wildman–Crippen MR) is 144 cm³/mol. The van der Waals surface area contributed by atoms with E-state index in [4.69, 9.17) is 16.0 Å². The Kier molecular flexibility index (Phi) is 7.17. The Morgan fingerprint density at radius 3 is 2.39 bits per heavy atom. The quantitative estimate of drug-likeness (QED) is 0.291. The SMILES string of the molecule is CC(C)(C)N(C(=O)O)c1cccc(CS(=O)(=O)c2ccc(Cl)cc2NS(=O)(=O)c2cc3ccccc3o2)n1. The van der Waals surface area contributed by atoms with Crippen LogP contribution < -0.4 is 9.62 Å². The van der Waals surface area contributed by atoms with Gasteiger partial charge in [-0.15, -0.1) is 0 Å². The summed E-state index contributed by atoms with van der Waals surface area (Å²) in [6.45, 7) is 5.04. The third-order valence-corrected chi connectivity index (χ3v) is 8.57. The highest BCUT2D eigenvalue weighted by molar-refractivity contribution is 7.93. The molecule has 4 aromatic rings. The van der Waals surface area contributed by atoms with E-state index >= 15 is 0 Å². The molecule has 4 rings (SSSR count). The number of sulfone groups is 1. The second-order valence-electron chi connectivity index (χ2n) is 9.38. The van der Waals surface area contributed by atoms with Crippen LogP contribution in [0.1, 0.15) is 26.5 Å². The zero-order chi connectivity index (χ0) is 27.9. The highest BCUT2D eigenvalue weighted by Gasteiger charge is 2.30. The monoisotopic (exact) mass is 577 g/mol. The number of para-hydroxylation sites is 1. The molecule has 0 unspecified atom stereocenters. The average molecular weight is 578 g/mol. The summed E-state index contributed by atoms with van der Waals surface area (Å²) in [6, 6.07) is 16.1. The van der Waals surface area contributed by atoms with E-state index in [-0.39, 0.29) is 27.1 Å². The van der Waals surface area contributed by atoms with Gasteiger partial charge >= 0.3 is 6.09 Å². The van der Waals surface area contributed by atoms with Crippen molar-refractivity contribution in [1.82, 2.24) is 4.98 Å². The highest BCUT2D eigenvalue weighted by atomic mass is 35.5. The lowest BCUT2D eigenvalue weighted by Crippen LogP contribution is -2.45. The second kappa shape index (κ2) is 9.93. The normalized spacial score (nSPS) is 12.4. The molecule has 0 aliphatic heterocycles. The van der Waals surface area contributed by atoms with Crippen molar-refractivity contribution in [3.63, 3.8) is 0 Å². The number of furan rings is 1. The van der Waals surface area contributed by atoms with Gasteiger partial charge in [0, 0.05) is 22.0 Å². The highest BCUT2D eigenvalue weighted by Crippen LogP contribution is 2.32. The van der Waals surface area contributed by atoms with Crippen LogP contribution in [0.25, 0.3) is 11.0 Å². The third kappa shape index (κ3) is 5.77. The third-order valence-electron chi connectivity index (χ3n) is 5.41. The molecular formula is C25H24ClN3O7S2. The lowest BCUT2D eigenvalue weighted by atomic mass is 10.1. The molecule has 0 fully saturated rings. The minimum Gasteiger partial charge on any atom is -0.465 e.